The Morgan fingerprint density at radius 3 is 3.00 bits per heavy atom. The van der Waals surface area contributed by atoms with Crippen LogP contribution < -0.4 is 4.74 Å². The van der Waals surface area contributed by atoms with E-state index in [0.29, 0.717) is 12.7 Å². The quantitative estimate of drug-likeness (QED) is 0.378. The van der Waals surface area contributed by atoms with Crippen molar-refractivity contribution in [3.05, 3.63) is 42.0 Å². The fourth-order valence-electron chi connectivity index (χ4n) is 1.97. The van der Waals surface area contributed by atoms with Gasteiger partial charge in [-0.15, -0.1) is 0 Å². The minimum Gasteiger partial charge on any atom is -0.491 e. The number of ether oxygens (including phenoxy) is 2. The summed E-state index contributed by atoms with van der Waals surface area (Å²) in [5.41, 5.74) is 1.31. The smallest absolute Gasteiger partial charge is 0.119 e. The minimum atomic E-state index is 0.321. The van der Waals surface area contributed by atoms with E-state index in [9.17, 15) is 0 Å². The van der Waals surface area contributed by atoms with Crippen molar-refractivity contribution in [2.75, 3.05) is 13.2 Å². The van der Waals surface area contributed by atoms with Crippen molar-refractivity contribution < 1.29 is 9.47 Å². The highest BCUT2D eigenvalue weighted by Crippen LogP contribution is 2.17. The van der Waals surface area contributed by atoms with Gasteiger partial charge in [0.05, 0.1) is 6.61 Å². The number of benzene rings is 1. The molecule has 0 spiro atoms. The molecule has 19 heavy (non-hydrogen) atoms. The van der Waals surface area contributed by atoms with E-state index in [1.807, 2.05) is 6.07 Å². The first-order valence-electron chi connectivity index (χ1n) is 7.37. The van der Waals surface area contributed by atoms with E-state index >= 15 is 0 Å². The fraction of sp³-hybridized carbons (Fsp3) is 0.529. The van der Waals surface area contributed by atoms with Crippen LogP contribution in [0.3, 0.4) is 0 Å². The van der Waals surface area contributed by atoms with Crippen LogP contribution in [0.4, 0.5) is 0 Å². The lowest BCUT2D eigenvalue weighted by molar-refractivity contribution is 0.263. The second-order valence-electron chi connectivity index (χ2n) is 5.09. The predicted molar refractivity (Wildman–Crippen MR) is 78.7 cm³/mol. The lowest BCUT2D eigenvalue weighted by Crippen LogP contribution is -2.04. The summed E-state index contributed by atoms with van der Waals surface area (Å²) in [5.74, 6) is 0.951. The van der Waals surface area contributed by atoms with Gasteiger partial charge >= 0.3 is 0 Å². The maximum atomic E-state index is 5.68. The van der Waals surface area contributed by atoms with Crippen LogP contribution in [0.1, 0.15) is 38.2 Å². The molecule has 2 heteroatoms. The second kappa shape index (κ2) is 8.00. The summed E-state index contributed by atoms with van der Waals surface area (Å²) >= 11 is 0. The number of hydrogen-bond acceptors (Lipinski definition) is 2. The summed E-state index contributed by atoms with van der Waals surface area (Å²) in [6.07, 6.45) is 11.0. The summed E-state index contributed by atoms with van der Waals surface area (Å²) in [7, 11) is 0. The molecule has 0 radical (unpaired) electrons. The molecule has 1 unspecified atom stereocenters. The van der Waals surface area contributed by atoms with Crippen molar-refractivity contribution >= 4 is 0 Å². The Bertz CT molecular complexity index is 394. The summed E-state index contributed by atoms with van der Waals surface area (Å²) < 4.78 is 10.8. The minimum absolute atomic E-state index is 0.321. The zero-order valence-electron chi connectivity index (χ0n) is 11.8. The van der Waals surface area contributed by atoms with Crippen LogP contribution in [0.5, 0.6) is 5.75 Å². The molecule has 2 rings (SSSR count). The third-order valence-corrected chi connectivity index (χ3v) is 3.23. The third kappa shape index (κ3) is 5.93. The van der Waals surface area contributed by atoms with E-state index in [1.165, 1.54) is 31.2 Å². The van der Waals surface area contributed by atoms with Gasteiger partial charge in [0.1, 0.15) is 18.5 Å². The van der Waals surface area contributed by atoms with Crippen molar-refractivity contribution in [3.8, 4) is 5.75 Å². The van der Waals surface area contributed by atoms with E-state index in [1.54, 1.807) is 0 Å². The SMILES string of the molecule is CCCCC/C=C/Cc1cccc(OCC2CO2)c1. The van der Waals surface area contributed by atoms with Gasteiger partial charge in [0.15, 0.2) is 0 Å². The van der Waals surface area contributed by atoms with Crippen LogP contribution in [0, 0.1) is 0 Å². The molecular weight excluding hydrogens is 236 g/mol. The van der Waals surface area contributed by atoms with Crippen LogP contribution in [-0.4, -0.2) is 19.3 Å². The lowest BCUT2D eigenvalue weighted by atomic mass is 10.1. The average Bonchev–Trinajstić information content (AvgIpc) is 3.25. The molecule has 1 aromatic rings. The molecule has 0 aromatic heterocycles. The summed E-state index contributed by atoms with van der Waals surface area (Å²) in [6, 6.07) is 8.34. The van der Waals surface area contributed by atoms with Crippen molar-refractivity contribution in [2.24, 2.45) is 0 Å². The Morgan fingerprint density at radius 2 is 2.21 bits per heavy atom. The molecule has 0 aliphatic carbocycles. The van der Waals surface area contributed by atoms with Crippen molar-refractivity contribution in [2.45, 2.75) is 45.1 Å². The number of rotatable bonds is 9. The number of hydrogen-bond donors (Lipinski definition) is 0. The summed E-state index contributed by atoms with van der Waals surface area (Å²) in [6.45, 7) is 3.76. The van der Waals surface area contributed by atoms with Crippen LogP contribution >= 0.6 is 0 Å². The molecule has 1 aliphatic rings. The van der Waals surface area contributed by atoms with Crippen LogP contribution in [0.25, 0.3) is 0 Å². The monoisotopic (exact) mass is 260 g/mol. The van der Waals surface area contributed by atoms with E-state index in [-0.39, 0.29) is 0 Å². The Morgan fingerprint density at radius 1 is 1.32 bits per heavy atom. The molecule has 1 heterocycles. The van der Waals surface area contributed by atoms with Gasteiger partial charge in [0.2, 0.25) is 0 Å². The second-order valence-corrected chi connectivity index (χ2v) is 5.09. The van der Waals surface area contributed by atoms with Gasteiger partial charge in [0.25, 0.3) is 0 Å². The number of epoxide rings is 1. The average molecular weight is 260 g/mol. The summed E-state index contributed by atoms with van der Waals surface area (Å²) in [4.78, 5) is 0. The molecule has 1 aromatic carbocycles. The van der Waals surface area contributed by atoms with Gasteiger partial charge in [-0.2, -0.15) is 0 Å². The van der Waals surface area contributed by atoms with Crippen LogP contribution in [-0.2, 0) is 11.2 Å². The van der Waals surface area contributed by atoms with E-state index < -0.39 is 0 Å². The Balaban J connectivity index is 1.71. The Labute approximate surface area is 116 Å². The van der Waals surface area contributed by atoms with Gasteiger partial charge in [0, 0.05) is 0 Å². The van der Waals surface area contributed by atoms with Gasteiger partial charge in [-0.1, -0.05) is 44.1 Å². The zero-order chi connectivity index (χ0) is 13.3. The Hall–Kier alpha value is -1.28. The highest BCUT2D eigenvalue weighted by atomic mass is 16.6. The normalized spacial score (nSPS) is 17.8. The maximum Gasteiger partial charge on any atom is 0.119 e. The number of allylic oxidation sites excluding steroid dienone is 2. The maximum absolute atomic E-state index is 5.68. The molecule has 1 aliphatic heterocycles. The molecule has 0 bridgehead atoms. The molecule has 1 fully saturated rings. The van der Waals surface area contributed by atoms with E-state index in [4.69, 9.17) is 9.47 Å². The molecule has 104 valence electrons. The first-order chi connectivity index (χ1) is 9.38. The molecular formula is C17H24O2. The van der Waals surface area contributed by atoms with Gasteiger partial charge in [-0.25, -0.2) is 0 Å². The van der Waals surface area contributed by atoms with Crippen molar-refractivity contribution in [1.29, 1.82) is 0 Å². The molecule has 1 saturated heterocycles. The first-order valence-corrected chi connectivity index (χ1v) is 7.37. The zero-order valence-corrected chi connectivity index (χ0v) is 11.8. The Kier molecular flexibility index (Phi) is 5.96. The molecule has 0 amide bonds. The van der Waals surface area contributed by atoms with Gasteiger partial charge < -0.3 is 9.47 Å². The molecule has 1 atom stereocenters. The summed E-state index contributed by atoms with van der Waals surface area (Å²) in [5, 5.41) is 0. The molecule has 0 N–H and O–H groups in total. The largest absolute Gasteiger partial charge is 0.491 e. The molecule has 2 nitrogen and oxygen atoms in total. The highest BCUT2D eigenvalue weighted by Gasteiger charge is 2.22. The lowest BCUT2D eigenvalue weighted by Gasteiger charge is -2.05. The predicted octanol–water partition coefficient (Wildman–Crippen LogP) is 4.14. The van der Waals surface area contributed by atoms with E-state index in [2.05, 4.69) is 37.3 Å². The van der Waals surface area contributed by atoms with Crippen LogP contribution in [0.15, 0.2) is 36.4 Å². The third-order valence-electron chi connectivity index (χ3n) is 3.23. The molecule has 0 saturated carbocycles. The number of unbranched alkanes of at least 4 members (excludes halogenated alkanes) is 3. The van der Waals surface area contributed by atoms with Crippen molar-refractivity contribution in [1.82, 2.24) is 0 Å². The highest BCUT2D eigenvalue weighted by molar-refractivity contribution is 5.29. The van der Waals surface area contributed by atoms with Gasteiger partial charge in [-0.3, -0.25) is 0 Å². The van der Waals surface area contributed by atoms with Gasteiger partial charge in [-0.05, 0) is 37.0 Å². The topological polar surface area (TPSA) is 21.8 Å². The fourth-order valence-corrected chi connectivity index (χ4v) is 1.97. The van der Waals surface area contributed by atoms with Crippen LogP contribution in [0.2, 0.25) is 0 Å². The first kappa shape index (κ1) is 14.1. The van der Waals surface area contributed by atoms with E-state index in [0.717, 1.165) is 18.8 Å². The van der Waals surface area contributed by atoms with Crippen molar-refractivity contribution in [3.63, 3.8) is 0 Å². The standard InChI is InChI=1S/C17H24O2/c1-2-3-4-5-6-7-9-15-10-8-11-16(12-15)18-13-17-14-19-17/h6-8,10-12,17H,2-5,9,13-14H2,1H3/b7-6+.